The molecule has 1 heterocycles. The predicted octanol–water partition coefficient (Wildman–Crippen LogP) is 1.40. The number of esters is 1. The SMILES string of the molecule is O=C(COC(=O)CN1C(=O)[C@H]2CC=CC[C@H]2C1=O)Nc1cc(F)ccc1F. The maximum Gasteiger partial charge on any atom is 0.326 e. The van der Waals surface area contributed by atoms with E-state index in [0.29, 0.717) is 12.8 Å². The molecule has 1 aromatic carbocycles. The Bertz CT molecular complexity index is 813. The highest BCUT2D eigenvalue weighted by molar-refractivity contribution is 6.07. The minimum Gasteiger partial charge on any atom is -0.454 e. The number of carbonyl (C=O) groups excluding carboxylic acids is 4. The van der Waals surface area contributed by atoms with Gasteiger partial charge in [0, 0.05) is 6.07 Å². The van der Waals surface area contributed by atoms with Gasteiger partial charge in [0.1, 0.15) is 18.2 Å². The molecular weight excluding hydrogens is 362 g/mol. The van der Waals surface area contributed by atoms with E-state index in [-0.39, 0.29) is 0 Å². The summed E-state index contributed by atoms with van der Waals surface area (Å²) in [6.07, 6.45) is 4.54. The Hall–Kier alpha value is -3.10. The number of likely N-dealkylation sites (tertiary alicyclic amines) is 1. The molecule has 9 heteroatoms. The molecule has 7 nitrogen and oxygen atoms in total. The van der Waals surface area contributed by atoms with Crippen molar-refractivity contribution in [1.82, 2.24) is 4.90 Å². The number of halogens is 2. The number of nitrogens with one attached hydrogen (secondary N) is 1. The van der Waals surface area contributed by atoms with Crippen molar-refractivity contribution in [2.45, 2.75) is 12.8 Å². The normalized spacial score (nSPS) is 21.2. The Morgan fingerprint density at radius 2 is 1.74 bits per heavy atom. The lowest BCUT2D eigenvalue weighted by Crippen LogP contribution is -2.37. The van der Waals surface area contributed by atoms with E-state index >= 15 is 0 Å². The number of allylic oxidation sites excluding steroid dienone is 2. The van der Waals surface area contributed by atoms with E-state index in [9.17, 15) is 28.0 Å². The molecule has 0 bridgehead atoms. The largest absolute Gasteiger partial charge is 0.454 e. The molecular formula is C18H16F2N2O5. The zero-order valence-corrected chi connectivity index (χ0v) is 14.1. The molecule has 142 valence electrons. The highest BCUT2D eigenvalue weighted by Gasteiger charge is 2.47. The average molecular weight is 378 g/mol. The van der Waals surface area contributed by atoms with Gasteiger partial charge in [-0.2, -0.15) is 0 Å². The van der Waals surface area contributed by atoms with E-state index in [1.807, 2.05) is 12.2 Å². The van der Waals surface area contributed by atoms with Gasteiger partial charge in [0.2, 0.25) is 11.8 Å². The van der Waals surface area contributed by atoms with Crippen LogP contribution < -0.4 is 5.32 Å². The third-order valence-corrected chi connectivity index (χ3v) is 4.45. The van der Waals surface area contributed by atoms with Crippen LogP contribution in [0.4, 0.5) is 14.5 Å². The first-order valence-electron chi connectivity index (χ1n) is 8.27. The number of hydrogen-bond donors (Lipinski definition) is 1. The van der Waals surface area contributed by atoms with Crippen LogP contribution in [0.25, 0.3) is 0 Å². The van der Waals surface area contributed by atoms with E-state index in [2.05, 4.69) is 5.32 Å². The van der Waals surface area contributed by atoms with Crippen molar-refractivity contribution in [3.05, 3.63) is 42.0 Å². The highest BCUT2D eigenvalue weighted by Crippen LogP contribution is 2.34. The average Bonchev–Trinajstić information content (AvgIpc) is 2.88. The van der Waals surface area contributed by atoms with Crippen LogP contribution in [-0.4, -0.2) is 41.7 Å². The van der Waals surface area contributed by atoms with E-state index in [0.717, 1.165) is 23.1 Å². The number of imide groups is 1. The molecule has 0 saturated carbocycles. The van der Waals surface area contributed by atoms with E-state index < -0.39 is 66.0 Å². The molecule has 3 amide bonds. The van der Waals surface area contributed by atoms with Crippen molar-refractivity contribution in [1.29, 1.82) is 0 Å². The second-order valence-electron chi connectivity index (χ2n) is 6.25. The molecule has 0 unspecified atom stereocenters. The van der Waals surface area contributed by atoms with Crippen molar-refractivity contribution in [2.75, 3.05) is 18.5 Å². The fraction of sp³-hybridized carbons (Fsp3) is 0.333. The van der Waals surface area contributed by atoms with Crippen LogP contribution in [0.15, 0.2) is 30.4 Å². The molecule has 2 atom stereocenters. The first-order valence-corrected chi connectivity index (χ1v) is 8.27. The van der Waals surface area contributed by atoms with Crippen molar-refractivity contribution in [2.24, 2.45) is 11.8 Å². The Morgan fingerprint density at radius 3 is 2.37 bits per heavy atom. The fourth-order valence-corrected chi connectivity index (χ4v) is 3.13. The fourth-order valence-electron chi connectivity index (χ4n) is 3.13. The Balaban J connectivity index is 1.51. The van der Waals surface area contributed by atoms with Gasteiger partial charge in [-0.3, -0.25) is 24.1 Å². The molecule has 0 spiro atoms. The Morgan fingerprint density at radius 1 is 1.11 bits per heavy atom. The maximum absolute atomic E-state index is 13.5. The van der Waals surface area contributed by atoms with E-state index in [1.165, 1.54) is 0 Å². The van der Waals surface area contributed by atoms with Gasteiger partial charge in [-0.25, -0.2) is 8.78 Å². The van der Waals surface area contributed by atoms with E-state index in [4.69, 9.17) is 4.74 Å². The first kappa shape index (κ1) is 18.7. The summed E-state index contributed by atoms with van der Waals surface area (Å²) in [5, 5.41) is 2.07. The van der Waals surface area contributed by atoms with Crippen molar-refractivity contribution >= 4 is 29.4 Å². The monoisotopic (exact) mass is 378 g/mol. The predicted molar refractivity (Wildman–Crippen MR) is 88.0 cm³/mol. The summed E-state index contributed by atoms with van der Waals surface area (Å²) >= 11 is 0. The molecule has 1 aliphatic carbocycles. The maximum atomic E-state index is 13.5. The lowest BCUT2D eigenvalue weighted by atomic mass is 9.85. The Labute approximate surface area is 153 Å². The van der Waals surface area contributed by atoms with Crippen LogP contribution in [0.5, 0.6) is 0 Å². The van der Waals surface area contributed by atoms with Crippen LogP contribution in [0.2, 0.25) is 0 Å². The molecule has 2 aliphatic rings. The smallest absolute Gasteiger partial charge is 0.326 e. The number of carbonyl (C=O) groups is 4. The third kappa shape index (κ3) is 4.02. The topological polar surface area (TPSA) is 92.8 Å². The van der Waals surface area contributed by atoms with Gasteiger partial charge in [-0.15, -0.1) is 0 Å². The molecule has 27 heavy (non-hydrogen) atoms. The molecule has 3 rings (SSSR count). The van der Waals surface area contributed by atoms with Crippen LogP contribution in [-0.2, 0) is 23.9 Å². The summed E-state index contributed by atoms with van der Waals surface area (Å²) in [7, 11) is 0. The standard InChI is InChI=1S/C18H16F2N2O5/c19-10-5-6-13(20)14(7-10)21-15(23)9-27-16(24)8-22-17(25)11-3-1-2-4-12(11)18(22)26/h1-2,5-7,11-12H,3-4,8-9H2,(H,21,23)/t11-,12+. The molecule has 1 aromatic rings. The number of rotatable bonds is 5. The molecule has 1 fully saturated rings. The van der Waals surface area contributed by atoms with Gasteiger partial charge in [0.05, 0.1) is 17.5 Å². The number of amides is 3. The Kier molecular flexibility index (Phi) is 5.29. The number of ether oxygens (including phenoxy) is 1. The molecule has 1 saturated heterocycles. The molecule has 1 aliphatic heterocycles. The minimum atomic E-state index is -0.946. The van der Waals surface area contributed by atoms with Crippen LogP contribution in [0.3, 0.4) is 0 Å². The summed E-state index contributed by atoms with van der Waals surface area (Å²) < 4.78 is 31.2. The molecule has 1 N–H and O–H groups in total. The summed E-state index contributed by atoms with van der Waals surface area (Å²) in [6, 6.07) is 2.52. The van der Waals surface area contributed by atoms with Crippen molar-refractivity contribution in [3.8, 4) is 0 Å². The van der Waals surface area contributed by atoms with Crippen molar-refractivity contribution in [3.63, 3.8) is 0 Å². The van der Waals surface area contributed by atoms with Gasteiger partial charge in [-0.05, 0) is 25.0 Å². The van der Waals surface area contributed by atoms with Gasteiger partial charge >= 0.3 is 5.97 Å². The second-order valence-corrected chi connectivity index (χ2v) is 6.25. The van der Waals surface area contributed by atoms with E-state index in [1.54, 1.807) is 0 Å². The zero-order valence-electron chi connectivity index (χ0n) is 14.1. The zero-order chi connectivity index (χ0) is 19.6. The lowest BCUT2D eigenvalue weighted by Gasteiger charge is -2.14. The number of benzene rings is 1. The number of nitrogens with zero attached hydrogens (tertiary/aromatic N) is 1. The van der Waals surface area contributed by atoms with Gasteiger partial charge in [-0.1, -0.05) is 12.2 Å². The van der Waals surface area contributed by atoms with Crippen LogP contribution >= 0.6 is 0 Å². The van der Waals surface area contributed by atoms with Crippen LogP contribution in [0.1, 0.15) is 12.8 Å². The lowest BCUT2D eigenvalue weighted by molar-refractivity contribution is -0.154. The molecule has 0 radical (unpaired) electrons. The quantitative estimate of drug-likeness (QED) is 0.475. The third-order valence-electron chi connectivity index (χ3n) is 4.45. The van der Waals surface area contributed by atoms with Gasteiger partial charge in [0.25, 0.3) is 5.91 Å². The summed E-state index contributed by atoms with van der Waals surface area (Å²) in [6.45, 7) is -1.36. The minimum absolute atomic E-state index is 0.391. The highest BCUT2D eigenvalue weighted by atomic mass is 19.1. The number of hydrogen-bond acceptors (Lipinski definition) is 5. The number of anilines is 1. The summed E-state index contributed by atoms with van der Waals surface area (Å²) in [5.41, 5.74) is -0.391. The van der Waals surface area contributed by atoms with Crippen molar-refractivity contribution < 1.29 is 32.7 Å². The summed E-state index contributed by atoms with van der Waals surface area (Å²) in [4.78, 5) is 48.9. The van der Waals surface area contributed by atoms with Crippen LogP contribution in [0, 0.1) is 23.5 Å². The number of fused-ring (bicyclic) bond motifs is 1. The van der Waals surface area contributed by atoms with Gasteiger partial charge < -0.3 is 10.1 Å². The first-order chi connectivity index (χ1) is 12.9. The summed E-state index contributed by atoms with van der Waals surface area (Å²) in [5.74, 6) is -5.21. The van der Waals surface area contributed by atoms with Gasteiger partial charge in [0.15, 0.2) is 6.61 Å². The molecule has 0 aromatic heterocycles. The second kappa shape index (κ2) is 7.65.